The summed E-state index contributed by atoms with van der Waals surface area (Å²) in [5, 5.41) is 0. The van der Waals surface area contributed by atoms with Gasteiger partial charge in [-0.3, -0.25) is 0 Å². The van der Waals surface area contributed by atoms with Crippen LogP contribution in [0, 0.1) is 29.3 Å². The minimum atomic E-state index is -1.90. The Bertz CT molecular complexity index is 486. The first kappa shape index (κ1) is 26.1. The Morgan fingerprint density at radius 3 is 1.81 bits per heavy atom. The average Bonchev–Trinajstić information content (AvgIpc) is 2.56. The molecule has 0 atom stereocenters. The quantitative estimate of drug-likeness (QED) is 0.196. The minimum Gasteiger partial charge on any atom is -0.500 e. The van der Waals surface area contributed by atoms with E-state index >= 15 is 0 Å². The summed E-state index contributed by atoms with van der Waals surface area (Å²) >= 11 is 0. The molecule has 0 unspecified atom stereocenters. The van der Waals surface area contributed by atoms with Crippen molar-refractivity contribution in [2.24, 2.45) is 5.41 Å². The predicted octanol–water partition coefficient (Wildman–Crippen LogP) is 8.31. The molecule has 0 aromatic carbocycles. The van der Waals surface area contributed by atoms with Crippen molar-refractivity contribution >= 4 is 8.32 Å². The summed E-state index contributed by atoms with van der Waals surface area (Å²) in [4.78, 5) is 0. The smallest absolute Gasteiger partial charge is 0.272 e. The van der Waals surface area contributed by atoms with E-state index in [1.54, 1.807) is 0 Å². The van der Waals surface area contributed by atoms with Crippen molar-refractivity contribution in [2.75, 3.05) is 0 Å². The molecule has 0 aliphatic carbocycles. The van der Waals surface area contributed by atoms with Crippen LogP contribution in [0.3, 0.4) is 0 Å². The summed E-state index contributed by atoms with van der Waals surface area (Å²) in [5.74, 6) is 10.1. The fourth-order valence-electron chi connectivity index (χ4n) is 4.02. The van der Waals surface area contributed by atoms with Crippen molar-refractivity contribution in [1.82, 2.24) is 0 Å². The van der Waals surface area contributed by atoms with Crippen molar-refractivity contribution in [2.45, 2.75) is 130 Å². The fourth-order valence-corrected chi connectivity index (χ4v) is 8.95. The highest BCUT2D eigenvalue weighted by atomic mass is 28.4. The van der Waals surface area contributed by atoms with Gasteiger partial charge in [0.15, 0.2) is 0 Å². The predicted molar refractivity (Wildman–Crippen MR) is 124 cm³/mol. The molecule has 0 amide bonds. The molecule has 27 heavy (non-hydrogen) atoms. The maximum Gasteiger partial charge on any atom is 0.272 e. The molecule has 156 valence electrons. The number of hydrogen-bond donors (Lipinski definition) is 0. The van der Waals surface area contributed by atoms with E-state index in [1.165, 1.54) is 38.5 Å². The monoisotopic (exact) mass is 390 g/mol. The van der Waals surface area contributed by atoms with Crippen LogP contribution in [-0.4, -0.2) is 8.32 Å². The molecule has 1 nitrogen and oxygen atoms in total. The molecule has 0 fully saturated rings. The molecule has 0 saturated heterocycles. The van der Waals surface area contributed by atoms with E-state index < -0.39 is 8.32 Å². The molecular weight excluding hydrogens is 344 g/mol. The van der Waals surface area contributed by atoms with Gasteiger partial charge in [0.1, 0.15) is 0 Å². The van der Waals surface area contributed by atoms with Gasteiger partial charge < -0.3 is 4.43 Å². The molecule has 0 heterocycles. The highest BCUT2D eigenvalue weighted by molar-refractivity contribution is 6.77. The van der Waals surface area contributed by atoms with E-state index in [1.807, 2.05) is 0 Å². The van der Waals surface area contributed by atoms with Crippen LogP contribution in [0.1, 0.15) is 114 Å². The zero-order valence-corrected chi connectivity index (χ0v) is 20.8. The first-order valence-electron chi connectivity index (χ1n) is 11.3. The molecule has 2 heteroatoms. The molecular formula is C25H46OSi. The number of unbranched alkanes of at least 4 members (excludes halogenated alkanes) is 6. The zero-order valence-electron chi connectivity index (χ0n) is 19.8. The lowest BCUT2D eigenvalue weighted by Gasteiger charge is -2.39. The molecule has 0 saturated carbocycles. The second-order valence-electron chi connectivity index (χ2n) is 9.58. The van der Waals surface area contributed by atoms with Gasteiger partial charge in [-0.15, -0.1) is 11.8 Å². The first-order valence-corrected chi connectivity index (χ1v) is 13.4. The van der Waals surface area contributed by atoms with Crippen LogP contribution in [-0.2, 0) is 4.43 Å². The van der Waals surface area contributed by atoms with Gasteiger partial charge in [0.2, 0.25) is 0 Å². The second-order valence-corrected chi connectivity index (χ2v) is 15.0. The number of rotatable bonds is 11. The SMILES string of the molecule is CCCCCCCCC#CCC(C)(C)C#CO[Si](C(C)C)(C(C)C)C(C)C. The molecule has 0 aromatic heterocycles. The molecule has 0 aliphatic rings. The third kappa shape index (κ3) is 9.76. The van der Waals surface area contributed by atoms with Gasteiger partial charge in [0, 0.05) is 18.3 Å². The van der Waals surface area contributed by atoms with Gasteiger partial charge in [0.25, 0.3) is 8.32 Å². The lowest BCUT2D eigenvalue weighted by atomic mass is 9.91. The Kier molecular flexibility index (Phi) is 12.9. The van der Waals surface area contributed by atoms with Crippen molar-refractivity contribution in [1.29, 1.82) is 0 Å². The van der Waals surface area contributed by atoms with Crippen molar-refractivity contribution in [3.63, 3.8) is 0 Å². The van der Waals surface area contributed by atoms with Crippen LogP contribution in [0.5, 0.6) is 0 Å². The first-order chi connectivity index (χ1) is 12.6. The van der Waals surface area contributed by atoms with Crippen LogP contribution in [0.4, 0.5) is 0 Å². The van der Waals surface area contributed by atoms with E-state index in [9.17, 15) is 0 Å². The van der Waals surface area contributed by atoms with Crippen molar-refractivity contribution in [3.05, 3.63) is 0 Å². The highest BCUT2D eigenvalue weighted by Gasteiger charge is 2.46. The van der Waals surface area contributed by atoms with E-state index in [0.717, 1.165) is 12.8 Å². The normalized spacial score (nSPS) is 12.0. The molecule has 0 N–H and O–H groups in total. The summed E-state index contributed by atoms with van der Waals surface area (Å²) < 4.78 is 6.37. The minimum absolute atomic E-state index is 0.112. The third-order valence-electron chi connectivity index (χ3n) is 5.63. The molecule has 0 aliphatic heterocycles. The van der Waals surface area contributed by atoms with Crippen LogP contribution < -0.4 is 0 Å². The zero-order chi connectivity index (χ0) is 20.9. The summed E-state index contributed by atoms with van der Waals surface area (Å²) in [6, 6.07) is 0. The average molecular weight is 391 g/mol. The molecule has 0 bridgehead atoms. The highest BCUT2D eigenvalue weighted by Crippen LogP contribution is 2.42. The Morgan fingerprint density at radius 1 is 0.778 bits per heavy atom. The van der Waals surface area contributed by atoms with E-state index in [2.05, 4.69) is 86.2 Å². The maximum atomic E-state index is 6.37. The topological polar surface area (TPSA) is 9.23 Å². The van der Waals surface area contributed by atoms with Gasteiger partial charge >= 0.3 is 0 Å². The van der Waals surface area contributed by atoms with Gasteiger partial charge in [0.05, 0.1) is 6.11 Å². The third-order valence-corrected chi connectivity index (χ3v) is 11.5. The second kappa shape index (κ2) is 13.3. The summed E-state index contributed by atoms with van der Waals surface area (Å²) in [6.45, 7) is 20.4. The van der Waals surface area contributed by atoms with Crippen LogP contribution in [0.2, 0.25) is 16.6 Å². The van der Waals surface area contributed by atoms with Gasteiger partial charge in [-0.25, -0.2) is 0 Å². The van der Waals surface area contributed by atoms with Crippen molar-refractivity contribution in [3.8, 4) is 23.9 Å². The fraction of sp³-hybridized carbons (Fsp3) is 0.840. The lowest BCUT2D eigenvalue weighted by Crippen LogP contribution is -2.46. The van der Waals surface area contributed by atoms with E-state index in [0.29, 0.717) is 16.6 Å². The van der Waals surface area contributed by atoms with Gasteiger partial charge in [-0.1, -0.05) is 86.5 Å². The molecule has 0 rings (SSSR count). The Balaban J connectivity index is 4.58. The standard InChI is InChI=1S/C25H46OSi/c1-10-11-12-13-14-15-16-17-18-19-25(8,9)20-21-26-27(22(2)3,23(4)5)24(6)7/h22-24H,10-16,19H2,1-9H3. The van der Waals surface area contributed by atoms with Crippen LogP contribution >= 0.6 is 0 Å². The van der Waals surface area contributed by atoms with Gasteiger partial charge in [-0.05, 0) is 36.9 Å². The molecule has 0 aromatic rings. The Morgan fingerprint density at radius 2 is 1.30 bits per heavy atom. The van der Waals surface area contributed by atoms with E-state index in [4.69, 9.17) is 4.43 Å². The maximum absolute atomic E-state index is 6.37. The van der Waals surface area contributed by atoms with Crippen LogP contribution in [0.15, 0.2) is 0 Å². The largest absolute Gasteiger partial charge is 0.500 e. The summed E-state index contributed by atoms with van der Waals surface area (Å²) in [5.41, 5.74) is 1.57. The van der Waals surface area contributed by atoms with E-state index in [-0.39, 0.29) is 5.41 Å². The van der Waals surface area contributed by atoms with Gasteiger partial charge in [-0.2, -0.15) is 0 Å². The summed E-state index contributed by atoms with van der Waals surface area (Å²) in [6.07, 6.45) is 12.9. The number of hydrogen-bond acceptors (Lipinski definition) is 1. The summed E-state index contributed by atoms with van der Waals surface area (Å²) in [7, 11) is -1.90. The van der Waals surface area contributed by atoms with Crippen molar-refractivity contribution < 1.29 is 4.43 Å². The Labute approximate surface area is 172 Å². The van der Waals surface area contributed by atoms with Crippen LogP contribution in [0.25, 0.3) is 0 Å². The Hall–Kier alpha value is -0.863. The molecule has 0 spiro atoms. The molecule has 0 radical (unpaired) electrons. The lowest BCUT2D eigenvalue weighted by molar-refractivity contribution is 0.438.